The number of ether oxygens (including phenoxy) is 2. The average molecular weight is 503 g/mol. The Bertz CT molecular complexity index is 1220. The van der Waals surface area contributed by atoms with Crippen LogP contribution in [0.2, 0.25) is 5.02 Å². The predicted octanol–water partition coefficient (Wildman–Crippen LogP) is 4.30. The van der Waals surface area contributed by atoms with Crippen LogP contribution >= 0.6 is 11.6 Å². The first kappa shape index (κ1) is 25.4. The van der Waals surface area contributed by atoms with Crippen molar-refractivity contribution < 1.29 is 22.7 Å². The van der Waals surface area contributed by atoms with Crippen LogP contribution in [-0.2, 0) is 21.2 Å². The van der Waals surface area contributed by atoms with Crippen molar-refractivity contribution in [3.63, 3.8) is 0 Å². The molecule has 0 spiro atoms. The molecule has 0 unspecified atom stereocenters. The molecule has 3 aromatic carbocycles. The molecule has 0 atom stereocenters. The maximum Gasteiger partial charge on any atom is 0.264 e. The van der Waals surface area contributed by atoms with Crippen LogP contribution in [0.3, 0.4) is 0 Å². The molecule has 0 aliphatic rings. The fourth-order valence-corrected chi connectivity index (χ4v) is 5.07. The molecule has 180 valence electrons. The molecule has 0 aromatic heterocycles. The predicted molar refractivity (Wildman–Crippen MR) is 133 cm³/mol. The molecule has 34 heavy (non-hydrogen) atoms. The van der Waals surface area contributed by atoms with E-state index < -0.39 is 22.5 Å². The summed E-state index contributed by atoms with van der Waals surface area (Å²) in [7, 11) is -1.06. The first-order chi connectivity index (χ1) is 16.4. The van der Waals surface area contributed by atoms with E-state index in [2.05, 4.69) is 5.32 Å². The summed E-state index contributed by atoms with van der Waals surface area (Å²) in [6.45, 7) is -0.00593. The highest BCUT2D eigenvalue weighted by Crippen LogP contribution is 2.33. The molecule has 1 N–H and O–H groups in total. The van der Waals surface area contributed by atoms with Gasteiger partial charge in [-0.05, 0) is 48.7 Å². The smallest absolute Gasteiger partial charge is 0.264 e. The lowest BCUT2D eigenvalue weighted by molar-refractivity contribution is -0.119. The molecular weight excluding hydrogens is 476 g/mol. The standard InChI is InChI=1S/C25H27ClN2O5S/c1-32-23-15-14-20(17-24(23)33-2)28(34(30,31)21-11-4-3-5-12-21)18-25(29)27-16-8-10-19-9-6-7-13-22(19)26/h3-7,9,11-15,17H,8,10,16,18H2,1-2H3,(H,27,29). The largest absolute Gasteiger partial charge is 0.493 e. The van der Waals surface area contributed by atoms with E-state index in [0.717, 1.165) is 9.87 Å². The van der Waals surface area contributed by atoms with Gasteiger partial charge in [0.15, 0.2) is 11.5 Å². The Morgan fingerprint density at radius 2 is 1.62 bits per heavy atom. The Balaban J connectivity index is 1.77. The minimum atomic E-state index is -4.01. The maximum atomic E-state index is 13.4. The van der Waals surface area contributed by atoms with Crippen LogP contribution in [0.15, 0.2) is 77.7 Å². The van der Waals surface area contributed by atoms with Crippen molar-refractivity contribution in [2.24, 2.45) is 0 Å². The third-order valence-electron chi connectivity index (χ3n) is 5.18. The molecule has 3 rings (SSSR count). The van der Waals surface area contributed by atoms with Crippen LogP contribution in [-0.4, -0.2) is 41.6 Å². The minimum absolute atomic E-state index is 0.0799. The topological polar surface area (TPSA) is 84.9 Å². The molecule has 0 heterocycles. The first-order valence-electron chi connectivity index (χ1n) is 10.7. The molecule has 0 aliphatic carbocycles. The molecule has 3 aromatic rings. The fraction of sp³-hybridized carbons (Fsp3) is 0.240. The molecular formula is C25H27ClN2O5S. The number of sulfonamides is 1. The summed E-state index contributed by atoms with van der Waals surface area (Å²) in [6.07, 6.45) is 1.36. The number of benzene rings is 3. The second-order valence-corrected chi connectivity index (χ2v) is 9.68. The van der Waals surface area contributed by atoms with Crippen LogP contribution in [0.1, 0.15) is 12.0 Å². The second-order valence-electron chi connectivity index (χ2n) is 7.41. The van der Waals surface area contributed by atoms with Gasteiger partial charge >= 0.3 is 0 Å². The van der Waals surface area contributed by atoms with Gasteiger partial charge in [-0.3, -0.25) is 9.10 Å². The molecule has 0 bridgehead atoms. The van der Waals surface area contributed by atoms with Crippen molar-refractivity contribution in [2.75, 3.05) is 31.6 Å². The second kappa shape index (κ2) is 11.8. The number of halogens is 1. The van der Waals surface area contributed by atoms with Gasteiger partial charge in [-0.15, -0.1) is 0 Å². The van der Waals surface area contributed by atoms with Crippen LogP contribution in [0.4, 0.5) is 5.69 Å². The van der Waals surface area contributed by atoms with E-state index in [1.54, 1.807) is 30.3 Å². The maximum absolute atomic E-state index is 13.4. The molecule has 7 nitrogen and oxygen atoms in total. The van der Waals surface area contributed by atoms with Gasteiger partial charge < -0.3 is 14.8 Å². The quantitative estimate of drug-likeness (QED) is 0.395. The van der Waals surface area contributed by atoms with E-state index in [9.17, 15) is 13.2 Å². The summed E-state index contributed by atoms with van der Waals surface area (Å²) in [5, 5.41) is 3.49. The lowest BCUT2D eigenvalue weighted by atomic mass is 10.1. The SMILES string of the molecule is COc1ccc(N(CC(=O)NCCCc2ccccc2Cl)S(=O)(=O)c2ccccc2)cc1OC. The van der Waals surface area contributed by atoms with Gasteiger partial charge in [0, 0.05) is 17.6 Å². The summed E-state index contributed by atoms with van der Waals surface area (Å²) in [4.78, 5) is 12.8. The zero-order chi connectivity index (χ0) is 24.6. The van der Waals surface area contributed by atoms with Gasteiger partial charge in [0.25, 0.3) is 10.0 Å². The zero-order valence-electron chi connectivity index (χ0n) is 19.0. The number of amides is 1. The summed E-state index contributed by atoms with van der Waals surface area (Å²) in [5.41, 5.74) is 1.28. The molecule has 0 saturated heterocycles. The van der Waals surface area contributed by atoms with E-state index in [1.165, 1.54) is 32.4 Å². The Hall–Kier alpha value is -3.23. The Morgan fingerprint density at radius 1 is 0.941 bits per heavy atom. The third-order valence-corrected chi connectivity index (χ3v) is 7.33. The average Bonchev–Trinajstić information content (AvgIpc) is 2.86. The fourth-order valence-electron chi connectivity index (χ4n) is 3.41. The van der Waals surface area contributed by atoms with Gasteiger partial charge in [-0.25, -0.2) is 8.42 Å². The Labute approximate surface area is 205 Å². The van der Waals surface area contributed by atoms with Gasteiger partial charge in [0.05, 0.1) is 24.8 Å². The van der Waals surface area contributed by atoms with Crippen LogP contribution in [0.5, 0.6) is 11.5 Å². The highest BCUT2D eigenvalue weighted by atomic mass is 35.5. The van der Waals surface area contributed by atoms with E-state index >= 15 is 0 Å². The van der Waals surface area contributed by atoms with E-state index in [4.69, 9.17) is 21.1 Å². The number of nitrogens with zero attached hydrogens (tertiary/aromatic N) is 1. The third kappa shape index (κ3) is 6.21. The first-order valence-corrected chi connectivity index (χ1v) is 12.5. The van der Waals surface area contributed by atoms with Gasteiger partial charge in [0.1, 0.15) is 6.54 Å². The number of nitrogens with one attached hydrogen (secondary N) is 1. The zero-order valence-corrected chi connectivity index (χ0v) is 20.6. The minimum Gasteiger partial charge on any atom is -0.493 e. The van der Waals surface area contributed by atoms with Crippen molar-refractivity contribution in [2.45, 2.75) is 17.7 Å². The lowest BCUT2D eigenvalue weighted by Gasteiger charge is -2.25. The number of aryl methyl sites for hydroxylation is 1. The van der Waals surface area contributed by atoms with Crippen LogP contribution in [0.25, 0.3) is 0 Å². The molecule has 0 fully saturated rings. The molecule has 9 heteroatoms. The van der Waals surface area contributed by atoms with E-state index in [1.807, 2.05) is 24.3 Å². The summed E-state index contributed by atoms with van der Waals surface area (Å²) >= 11 is 6.18. The normalized spacial score (nSPS) is 11.0. The van der Waals surface area contributed by atoms with Crippen LogP contribution < -0.4 is 19.1 Å². The number of hydrogen-bond acceptors (Lipinski definition) is 5. The van der Waals surface area contributed by atoms with Crippen molar-refractivity contribution >= 4 is 33.2 Å². The van der Waals surface area contributed by atoms with E-state index in [-0.39, 0.29) is 10.6 Å². The Kier molecular flexibility index (Phi) is 8.79. The van der Waals surface area contributed by atoms with Gasteiger partial charge in [-0.2, -0.15) is 0 Å². The Morgan fingerprint density at radius 3 is 2.29 bits per heavy atom. The molecule has 1 amide bonds. The van der Waals surface area contributed by atoms with Crippen LogP contribution in [0, 0.1) is 0 Å². The number of carbonyl (C=O) groups is 1. The summed E-state index contributed by atoms with van der Waals surface area (Å²) < 4.78 is 38.5. The summed E-state index contributed by atoms with van der Waals surface area (Å²) in [6, 6.07) is 20.2. The van der Waals surface area contributed by atoms with Crippen molar-refractivity contribution in [3.05, 3.63) is 83.4 Å². The molecule has 0 saturated carbocycles. The molecule has 0 radical (unpaired) electrons. The van der Waals surface area contributed by atoms with Gasteiger partial charge in [-0.1, -0.05) is 48.0 Å². The number of hydrogen-bond donors (Lipinski definition) is 1. The van der Waals surface area contributed by atoms with Gasteiger partial charge in [0.2, 0.25) is 5.91 Å². The van der Waals surface area contributed by atoms with E-state index in [0.29, 0.717) is 35.9 Å². The number of rotatable bonds is 11. The van der Waals surface area contributed by atoms with Crippen molar-refractivity contribution in [1.82, 2.24) is 5.32 Å². The monoisotopic (exact) mass is 502 g/mol. The molecule has 0 aliphatic heterocycles. The number of carbonyl (C=O) groups excluding carboxylic acids is 1. The number of methoxy groups -OCH3 is 2. The lowest BCUT2D eigenvalue weighted by Crippen LogP contribution is -2.41. The highest BCUT2D eigenvalue weighted by molar-refractivity contribution is 7.92. The summed E-state index contributed by atoms with van der Waals surface area (Å²) in [5.74, 6) is 0.384. The number of anilines is 1. The van der Waals surface area contributed by atoms with Crippen molar-refractivity contribution in [1.29, 1.82) is 0 Å². The van der Waals surface area contributed by atoms with Crippen molar-refractivity contribution in [3.8, 4) is 11.5 Å². The highest BCUT2D eigenvalue weighted by Gasteiger charge is 2.28.